The van der Waals surface area contributed by atoms with Crippen LogP contribution in [0.25, 0.3) is 0 Å². The summed E-state index contributed by atoms with van der Waals surface area (Å²) < 4.78 is 5.40. The highest BCUT2D eigenvalue weighted by Gasteiger charge is 2.26. The molecule has 1 saturated heterocycles. The highest BCUT2D eigenvalue weighted by molar-refractivity contribution is 5.89. The Balaban J connectivity index is 1.40. The molecule has 4 rings (SSSR count). The molecule has 2 aromatic heterocycles. The Morgan fingerprint density at radius 1 is 1.20 bits per heavy atom. The van der Waals surface area contributed by atoms with E-state index in [9.17, 15) is 4.79 Å². The van der Waals surface area contributed by atoms with Crippen LogP contribution < -0.4 is 15.5 Å². The molecular weight excluding hydrogens is 384 g/mol. The minimum absolute atomic E-state index is 0.121. The number of anilines is 4. The van der Waals surface area contributed by atoms with Gasteiger partial charge >= 0.3 is 0 Å². The van der Waals surface area contributed by atoms with Crippen LogP contribution in [0.4, 0.5) is 23.3 Å². The molecule has 0 unspecified atom stereocenters. The van der Waals surface area contributed by atoms with Crippen molar-refractivity contribution >= 4 is 29.2 Å². The van der Waals surface area contributed by atoms with Gasteiger partial charge in [0.2, 0.25) is 23.7 Å². The smallest absolute Gasteiger partial charge is 0.231 e. The molecule has 1 fully saturated rings. The number of amides is 1. The predicted octanol–water partition coefficient (Wildman–Crippen LogP) is 2.90. The summed E-state index contributed by atoms with van der Waals surface area (Å²) in [6, 6.07) is 7.38. The third kappa shape index (κ3) is 4.70. The lowest BCUT2D eigenvalue weighted by Gasteiger charge is -2.30. The Morgan fingerprint density at radius 3 is 2.73 bits per heavy atom. The van der Waals surface area contributed by atoms with Crippen LogP contribution in [0.2, 0.25) is 0 Å². The molecule has 0 atom stereocenters. The quantitative estimate of drug-likeness (QED) is 0.634. The van der Waals surface area contributed by atoms with Crippen LogP contribution in [0.5, 0.6) is 0 Å². The number of piperidine rings is 1. The first-order valence-corrected chi connectivity index (χ1v) is 10.0. The molecule has 0 bridgehead atoms. The van der Waals surface area contributed by atoms with Crippen molar-refractivity contribution in [1.82, 2.24) is 25.1 Å². The zero-order valence-electron chi connectivity index (χ0n) is 17.0. The number of nitrogens with zero attached hydrogens (tertiary/aromatic N) is 6. The second-order valence-corrected chi connectivity index (χ2v) is 7.16. The molecule has 156 valence electrons. The van der Waals surface area contributed by atoms with Gasteiger partial charge in [0.15, 0.2) is 5.82 Å². The summed E-state index contributed by atoms with van der Waals surface area (Å²) in [6.45, 7) is 5.09. The van der Waals surface area contributed by atoms with Gasteiger partial charge in [-0.25, -0.2) is 9.97 Å². The first-order valence-electron chi connectivity index (χ1n) is 10.0. The first kappa shape index (κ1) is 19.7. The Labute approximate surface area is 174 Å². The number of nitrogens with one attached hydrogen (secondary N) is 2. The Hall–Kier alpha value is -3.56. The zero-order chi connectivity index (χ0) is 20.9. The molecule has 10 heteroatoms. The van der Waals surface area contributed by atoms with Gasteiger partial charge in [0.25, 0.3) is 0 Å². The van der Waals surface area contributed by atoms with Gasteiger partial charge in [-0.05, 0) is 31.0 Å². The van der Waals surface area contributed by atoms with Gasteiger partial charge in [0.1, 0.15) is 6.33 Å². The van der Waals surface area contributed by atoms with Gasteiger partial charge in [-0.1, -0.05) is 18.1 Å². The van der Waals surface area contributed by atoms with Gasteiger partial charge in [0, 0.05) is 43.7 Å². The molecule has 30 heavy (non-hydrogen) atoms. The molecular formula is C20H24N8O2. The Kier molecular flexibility index (Phi) is 5.82. The molecule has 1 aliphatic rings. The fraction of sp³-hybridized carbons (Fsp3) is 0.400. The highest BCUT2D eigenvalue weighted by Crippen LogP contribution is 2.28. The summed E-state index contributed by atoms with van der Waals surface area (Å²) in [7, 11) is 0. The minimum atomic E-state index is -0.121. The number of rotatable bonds is 6. The van der Waals surface area contributed by atoms with Crippen molar-refractivity contribution in [3.63, 3.8) is 0 Å². The van der Waals surface area contributed by atoms with E-state index in [0.29, 0.717) is 17.6 Å². The van der Waals surface area contributed by atoms with Crippen molar-refractivity contribution in [2.75, 3.05) is 28.6 Å². The fourth-order valence-corrected chi connectivity index (χ4v) is 3.41. The topological polar surface area (TPSA) is 122 Å². The number of carbonyl (C=O) groups excluding carboxylic acids is 1. The largest absolute Gasteiger partial charge is 0.341 e. The van der Waals surface area contributed by atoms with Crippen LogP contribution in [0.15, 0.2) is 35.1 Å². The molecule has 0 spiro atoms. The van der Waals surface area contributed by atoms with E-state index in [2.05, 4.69) is 40.6 Å². The molecule has 3 heterocycles. The lowest BCUT2D eigenvalue weighted by molar-refractivity contribution is -0.114. The summed E-state index contributed by atoms with van der Waals surface area (Å²) in [5, 5.41) is 9.92. The van der Waals surface area contributed by atoms with Crippen LogP contribution in [0.3, 0.4) is 0 Å². The van der Waals surface area contributed by atoms with Crippen LogP contribution in [-0.2, 0) is 11.2 Å². The SMILES string of the molecule is CCc1noc(C2CCN(c3ncnc(Nc4cccc(NC(C)=O)c4)n3)CC2)n1. The van der Waals surface area contributed by atoms with E-state index >= 15 is 0 Å². The van der Waals surface area contributed by atoms with Crippen LogP contribution in [0, 0.1) is 0 Å². The third-order valence-corrected chi connectivity index (χ3v) is 4.93. The number of hydrogen-bond acceptors (Lipinski definition) is 9. The summed E-state index contributed by atoms with van der Waals surface area (Å²) in [4.78, 5) is 30.9. The maximum atomic E-state index is 11.2. The number of carbonyl (C=O) groups is 1. The molecule has 1 amide bonds. The average Bonchev–Trinajstić information content (AvgIpc) is 3.23. The molecule has 2 N–H and O–H groups in total. The lowest BCUT2D eigenvalue weighted by atomic mass is 9.97. The van der Waals surface area contributed by atoms with Crippen LogP contribution in [-0.4, -0.2) is 44.1 Å². The maximum absolute atomic E-state index is 11.2. The van der Waals surface area contributed by atoms with Crippen LogP contribution >= 0.6 is 0 Å². The van der Waals surface area contributed by atoms with Crippen molar-refractivity contribution in [1.29, 1.82) is 0 Å². The van der Waals surface area contributed by atoms with Crippen molar-refractivity contribution in [3.05, 3.63) is 42.3 Å². The number of aryl methyl sites for hydroxylation is 1. The Morgan fingerprint density at radius 2 is 2.00 bits per heavy atom. The Bertz CT molecular complexity index is 1010. The van der Waals surface area contributed by atoms with Crippen molar-refractivity contribution in [2.24, 2.45) is 0 Å². The molecule has 1 aromatic carbocycles. The minimum Gasteiger partial charge on any atom is -0.341 e. The van der Waals surface area contributed by atoms with Gasteiger partial charge in [-0.2, -0.15) is 9.97 Å². The zero-order valence-corrected chi connectivity index (χ0v) is 17.0. The van der Waals surface area contributed by atoms with E-state index in [4.69, 9.17) is 4.52 Å². The van der Waals surface area contributed by atoms with E-state index < -0.39 is 0 Å². The number of benzene rings is 1. The summed E-state index contributed by atoms with van der Waals surface area (Å²) >= 11 is 0. The maximum Gasteiger partial charge on any atom is 0.231 e. The fourth-order valence-electron chi connectivity index (χ4n) is 3.41. The molecule has 0 saturated carbocycles. The highest BCUT2D eigenvalue weighted by atomic mass is 16.5. The number of aromatic nitrogens is 5. The van der Waals surface area contributed by atoms with E-state index in [1.54, 1.807) is 0 Å². The molecule has 0 aliphatic carbocycles. The average molecular weight is 408 g/mol. The van der Waals surface area contributed by atoms with E-state index in [0.717, 1.165) is 49.8 Å². The third-order valence-electron chi connectivity index (χ3n) is 4.93. The van der Waals surface area contributed by atoms with E-state index in [1.807, 2.05) is 31.2 Å². The van der Waals surface area contributed by atoms with Gasteiger partial charge < -0.3 is 20.1 Å². The van der Waals surface area contributed by atoms with Crippen molar-refractivity contribution in [2.45, 2.75) is 39.0 Å². The second kappa shape index (κ2) is 8.85. The van der Waals surface area contributed by atoms with Gasteiger partial charge in [-0.15, -0.1) is 0 Å². The molecule has 10 nitrogen and oxygen atoms in total. The van der Waals surface area contributed by atoms with Crippen molar-refractivity contribution in [3.8, 4) is 0 Å². The predicted molar refractivity (Wildman–Crippen MR) is 112 cm³/mol. The van der Waals surface area contributed by atoms with E-state index in [-0.39, 0.29) is 11.8 Å². The normalized spacial score (nSPS) is 14.5. The van der Waals surface area contributed by atoms with Gasteiger partial charge in [-0.3, -0.25) is 4.79 Å². The summed E-state index contributed by atoms with van der Waals surface area (Å²) in [5.41, 5.74) is 1.48. The summed E-state index contributed by atoms with van der Waals surface area (Å²) in [5.74, 6) is 2.71. The molecule has 0 radical (unpaired) electrons. The van der Waals surface area contributed by atoms with Gasteiger partial charge in [0.05, 0.1) is 0 Å². The monoisotopic (exact) mass is 408 g/mol. The van der Waals surface area contributed by atoms with E-state index in [1.165, 1.54) is 13.3 Å². The second-order valence-electron chi connectivity index (χ2n) is 7.16. The molecule has 1 aliphatic heterocycles. The summed E-state index contributed by atoms with van der Waals surface area (Å²) in [6.07, 6.45) is 4.08. The molecule has 3 aromatic rings. The lowest BCUT2D eigenvalue weighted by Crippen LogP contribution is -2.34. The number of hydrogen-bond donors (Lipinski definition) is 2. The van der Waals surface area contributed by atoms with Crippen LogP contribution in [0.1, 0.15) is 44.3 Å². The standard InChI is InChI=1S/C20H24N8O2/c1-3-17-25-18(30-27-17)14-7-9-28(10-8-14)20-22-12-21-19(26-20)24-16-6-4-5-15(11-16)23-13(2)29/h4-6,11-12,14H,3,7-10H2,1-2H3,(H,23,29)(H,21,22,24,26). The van der Waals surface area contributed by atoms with Crippen molar-refractivity contribution < 1.29 is 9.32 Å². The first-order chi connectivity index (χ1) is 14.6.